The maximum atomic E-state index is 13.8. The van der Waals surface area contributed by atoms with Crippen LogP contribution in [0.5, 0.6) is 0 Å². The van der Waals surface area contributed by atoms with Crippen LogP contribution >= 0.6 is 0 Å². The first kappa shape index (κ1) is 17.2. The Morgan fingerprint density at radius 3 is 2.38 bits per heavy atom. The van der Waals surface area contributed by atoms with Crippen molar-refractivity contribution >= 4 is 11.9 Å². The highest BCUT2D eigenvalue weighted by Crippen LogP contribution is 2.46. The fourth-order valence-corrected chi connectivity index (χ4v) is 5.05. The van der Waals surface area contributed by atoms with E-state index in [-0.39, 0.29) is 30.5 Å². The second-order valence-electron chi connectivity index (χ2n) is 7.43. The summed E-state index contributed by atoms with van der Waals surface area (Å²) in [6.07, 6.45) is 2.02. The molecule has 2 bridgehead atoms. The van der Waals surface area contributed by atoms with E-state index in [0.29, 0.717) is 18.0 Å². The minimum atomic E-state index is -0.744. The molecule has 4 saturated heterocycles. The zero-order valence-electron chi connectivity index (χ0n) is 14.3. The van der Waals surface area contributed by atoms with Crippen LogP contribution in [0.1, 0.15) is 24.3 Å². The first-order chi connectivity index (χ1) is 12.4. The molecule has 1 aromatic rings. The van der Waals surface area contributed by atoms with Crippen molar-refractivity contribution in [3.8, 4) is 0 Å². The Labute approximate surface area is 150 Å². The topological polar surface area (TPSA) is 78.7 Å². The number of benzene rings is 1. The molecule has 4 aliphatic rings. The number of nitrogens with two attached hydrogens (primary N) is 1. The quantitative estimate of drug-likeness (QED) is 0.841. The van der Waals surface area contributed by atoms with Gasteiger partial charge in [-0.25, -0.2) is 13.6 Å². The number of rotatable bonds is 3. The molecular formula is C18H22F2N4O2. The highest BCUT2D eigenvalue weighted by molar-refractivity contribution is 5.84. The van der Waals surface area contributed by atoms with E-state index in [4.69, 9.17) is 5.73 Å². The van der Waals surface area contributed by atoms with Gasteiger partial charge in [0.1, 0.15) is 11.6 Å². The van der Waals surface area contributed by atoms with Crippen molar-refractivity contribution < 1.29 is 18.4 Å². The Morgan fingerprint density at radius 2 is 1.77 bits per heavy atom. The zero-order chi connectivity index (χ0) is 18.4. The van der Waals surface area contributed by atoms with Gasteiger partial charge in [-0.15, -0.1) is 0 Å². The summed E-state index contributed by atoms with van der Waals surface area (Å²) >= 11 is 0. The third-order valence-electron chi connectivity index (χ3n) is 6.04. The molecule has 4 heterocycles. The van der Waals surface area contributed by atoms with Crippen LogP contribution in [0.4, 0.5) is 13.6 Å². The Bertz CT molecular complexity index is 716. The summed E-state index contributed by atoms with van der Waals surface area (Å²) in [5.41, 5.74) is 5.66. The van der Waals surface area contributed by atoms with Crippen LogP contribution in [0.15, 0.2) is 18.2 Å². The number of carbonyl (C=O) groups is 2. The number of likely N-dealkylation sites (tertiary alicyclic amines) is 1. The van der Waals surface area contributed by atoms with Gasteiger partial charge < -0.3 is 16.0 Å². The maximum Gasteiger partial charge on any atom is 0.312 e. The molecule has 3 N–H and O–H groups in total. The predicted molar refractivity (Wildman–Crippen MR) is 90.3 cm³/mol. The summed E-state index contributed by atoms with van der Waals surface area (Å²) in [5.74, 6) is -1.18. The lowest BCUT2D eigenvalue weighted by atomic mass is 9.75. The Balaban J connectivity index is 1.65. The number of nitrogens with one attached hydrogen (secondary N) is 1. The number of hydrogen-bond donors (Lipinski definition) is 2. The number of piperidine rings is 3. The van der Waals surface area contributed by atoms with Gasteiger partial charge >= 0.3 is 6.03 Å². The largest absolute Gasteiger partial charge is 0.352 e. The summed E-state index contributed by atoms with van der Waals surface area (Å²) < 4.78 is 27.5. The molecular weight excluding hydrogens is 342 g/mol. The number of amides is 3. The smallest absolute Gasteiger partial charge is 0.312 e. The molecule has 8 heteroatoms. The fourth-order valence-electron chi connectivity index (χ4n) is 5.05. The molecule has 140 valence electrons. The molecule has 0 saturated carbocycles. The van der Waals surface area contributed by atoms with Crippen molar-refractivity contribution in [3.63, 3.8) is 0 Å². The highest BCUT2D eigenvalue weighted by atomic mass is 19.1. The van der Waals surface area contributed by atoms with Crippen LogP contribution in [-0.4, -0.2) is 60.0 Å². The molecule has 3 amide bonds. The molecule has 1 aromatic carbocycles. The molecule has 6 nitrogen and oxygen atoms in total. The summed E-state index contributed by atoms with van der Waals surface area (Å²) in [6.45, 7) is 2.13. The average molecular weight is 364 g/mol. The molecule has 0 radical (unpaired) electrons. The van der Waals surface area contributed by atoms with Crippen LogP contribution in [0.3, 0.4) is 0 Å². The molecule has 0 unspecified atom stereocenters. The lowest BCUT2D eigenvalue weighted by Crippen LogP contribution is -2.61. The third-order valence-corrected chi connectivity index (χ3v) is 6.04. The highest BCUT2D eigenvalue weighted by Gasteiger charge is 2.54. The van der Waals surface area contributed by atoms with Crippen molar-refractivity contribution in [2.45, 2.75) is 30.8 Å². The monoisotopic (exact) mass is 364 g/mol. The maximum absolute atomic E-state index is 13.8. The lowest BCUT2D eigenvalue weighted by molar-refractivity contribution is -0.134. The second kappa shape index (κ2) is 6.50. The van der Waals surface area contributed by atoms with Gasteiger partial charge in [-0.3, -0.25) is 9.69 Å². The molecule has 5 rings (SSSR count). The first-order valence-corrected chi connectivity index (χ1v) is 8.97. The minimum absolute atomic E-state index is 0.0102. The SMILES string of the molecule is NC(=O)NCC(=O)N1C[C@@H](c2cc(F)cc(F)c2)[C@@H]2[C@H]1C1CCN2CC1. The van der Waals surface area contributed by atoms with Gasteiger partial charge in [0.15, 0.2) is 0 Å². The minimum Gasteiger partial charge on any atom is -0.352 e. The number of fused-ring (bicyclic) bond motifs is 2. The summed E-state index contributed by atoms with van der Waals surface area (Å²) in [5, 5.41) is 2.35. The van der Waals surface area contributed by atoms with E-state index in [0.717, 1.165) is 32.0 Å². The van der Waals surface area contributed by atoms with Gasteiger partial charge in [0.05, 0.1) is 12.6 Å². The molecule has 4 fully saturated rings. The van der Waals surface area contributed by atoms with E-state index in [1.165, 1.54) is 12.1 Å². The standard InChI is InChI=1S/C18H22F2N4O2/c19-12-5-11(6-13(20)7-12)14-9-24(15(25)8-22-18(21)26)16-10-1-3-23(4-2-10)17(14)16/h5-7,10,14,16-17H,1-4,8-9H2,(H3,21,22,26)/t14-,16+,17+/m0/s1. The molecule has 0 aliphatic carbocycles. The van der Waals surface area contributed by atoms with Gasteiger partial charge in [0.25, 0.3) is 0 Å². The number of nitrogens with zero attached hydrogens (tertiary/aromatic N) is 2. The van der Waals surface area contributed by atoms with Gasteiger partial charge in [-0.05, 0) is 49.5 Å². The van der Waals surface area contributed by atoms with Crippen LogP contribution < -0.4 is 11.1 Å². The molecule has 0 spiro atoms. The van der Waals surface area contributed by atoms with Crippen molar-refractivity contribution in [2.24, 2.45) is 11.7 Å². The number of hydrogen-bond acceptors (Lipinski definition) is 3. The average Bonchev–Trinajstić information content (AvgIpc) is 3.03. The van der Waals surface area contributed by atoms with Crippen molar-refractivity contribution in [2.75, 3.05) is 26.2 Å². The lowest BCUT2D eigenvalue weighted by Gasteiger charge is -2.51. The van der Waals surface area contributed by atoms with Gasteiger partial charge in [-0.1, -0.05) is 0 Å². The van der Waals surface area contributed by atoms with E-state index in [2.05, 4.69) is 10.2 Å². The number of primary amides is 1. The predicted octanol–water partition coefficient (Wildman–Crippen LogP) is 1.02. The molecule has 0 aromatic heterocycles. The van der Waals surface area contributed by atoms with E-state index < -0.39 is 17.7 Å². The molecule has 3 atom stereocenters. The number of urea groups is 1. The Morgan fingerprint density at radius 1 is 1.12 bits per heavy atom. The van der Waals surface area contributed by atoms with Gasteiger partial charge in [0.2, 0.25) is 5.91 Å². The van der Waals surface area contributed by atoms with Crippen molar-refractivity contribution in [1.82, 2.24) is 15.1 Å². The van der Waals surface area contributed by atoms with E-state index >= 15 is 0 Å². The fraction of sp³-hybridized carbons (Fsp3) is 0.556. The van der Waals surface area contributed by atoms with Crippen LogP contribution in [-0.2, 0) is 4.79 Å². The van der Waals surface area contributed by atoms with Crippen LogP contribution in [0.25, 0.3) is 0 Å². The van der Waals surface area contributed by atoms with Crippen molar-refractivity contribution in [1.29, 1.82) is 0 Å². The van der Waals surface area contributed by atoms with E-state index in [1.807, 2.05) is 0 Å². The number of halogens is 2. The Hall–Kier alpha value is -2.22. The van der Waals surface area contributed by atoms with Gasteiger partial charge in [0, 0.05) is 24.6 Å². The summed E-state index contributed by atoms with van der Waals surface area (Å²) in [7, 11) is 0. The number of carbonyl (C=O) groups excluding carboxylic acids is 2. The molecule has 26 heavy (non-hydrogen) atoms. The third kappa shape index (κ3) is 2.92. The van der Waals surface area contributed by atoms with E-state index in [9.17, 15) is 18.4 Å². The normalized spacial score (nSPS) is 32.4. The van der Waals surface area contributed by atoms with E-state index in [1.54, 1.807) is 4.90 Å². The van der Waals surface area contributed by atoms with Crippen molar-refractivity contribution in [3.05, 3.63) is 35.4 Å². The first-order valence-electron chi connectivity index (χ1n) is 8.97. The van der Waals surface area contributed by atoms with Crippen LogP contribution in [0.2, 0.25) is 0 Å². The zero-order valence-corrected chi connectivity index (χ0v) is 14.3. The summed E-state index contributed by atoms with van der Waals surface area (Å²) in [6, 6.07) is 2.92. The van der Waals surface area contributed by atoms with Gasteiger partial charge in [-0.2, -0.15) is 0 Å². The van der Waals surface area contributed by atoms with Crippen LogP contribution in [0, 0.1) is 17.6 Å². The molecule has 4 aliphatic heterocycles. The Kier molecular flexibility index (Phi) is 4.30. The second-order valence-corrected chi connectivity index (χ2v) is 7.43. The summed E-state index contributed by atoms with van der Waals surface area (Å²) in [4.78, 5) is 27.7.